The molecular weight excluding hydrogens is 524 g/mol. The Bertz CT molecular complexity index is 1340. The Balaban J connectivity index is 1.81. The Morgan fingerprint density at radius 1 is 1.20 bits per heavy atom. The van der Waals surface area contributed by atoms with Crippen LogP contribution in [-0.4, -0.2) is 85.5 Å². The maximum absolute atomic E-state index is 14.7. The van der Waals surface area contributed by atoms with Gasteiger partial charge in [0.05, 0.1) is 29.0 Å². The van der Waals surface area contributed by atoms with Crippen LogP contribution in [0.25, 0.3) is 11.0 Å². The van der Waals surface area contributed by atoms with E-state index in [-0.39, 0.29) is 24.3 Å². The van der Waals surface area contributed by atoms with Crippen molar-refractivity contribution in [2.24, 2.45) is 11.3 Å². The number of aryl methyl sites for hydroxylation is 2. The highest BCUT2D eigenvalue weighted by atomic mass is 16.5. The number of fused-ring (bicyclic) bond motifs is 1. The Kier molecular flexibility index (Phi) is 9.36. The van der Waals surface area contributed by atoms with E-state index in [1.54, 1.807) is 14.0 Å². The van der Waals surface area contributed by atoms with Crippen LogP contribution in [0.4, 0.5) is 4.79 Å². The minimum Gasteiger partial charge on any atom is -0.465 e. The quantitative estimate of drug-likeness (QED) is 0.331. The number of imidazole rings is 1. The van der Waals surface area contributed by atoms with Crippen LogP contribution in [0, 0.1) is 18.3 Å². The molecule has 11 nitrogen and oxygen atoms in total. The zero-order valence-electron chi connectivity index (χ0n) is 25.3. The molecule has 1 fully saturated rings. The molecule has 3 atom stereocenters. The number of para-hydroxylation sites is 2. The zero-order chi connectivity index (χ0) is 29.9. The molecule has 41 heavy (non-hydrogen) atoms. The first-order valence-electron chi connectivity index (χ1n) is 14.5. The van der Waals surface area contributed by atoms with Crippen LogP contribution in [0.3, 0.4) is 0 Å². The van der Waals surface area contributed by atoms with Gasteiger partial charge in [0.25, 0.3) is 5.91 Å². The smallest absolute Gasteiger partial charge is 0.407 e. The molecule has 0 bridgehead atoms. The zero-order valence-corrected chi connectivity index (χ0v) is 25.3. The summed E-state index contributed by atoms with van der Waals surface area (Å²) >= 11 is 0. The molecule has 1 N–H and O–H groups in total. The fraction of sp³-hybridized carbons (Fsp3) is 0.633. The number of carbonyl (C=O) groups is 2. The summed E-state index contributed by atoms with van der Waals surface area (Å²) in [6, 6.07) is 6.89. The summed E-state index contributed by atoms with van der Waals surface area (Å²) in [5, 5.41) is 14.3. The van der Waals surface area contributed by atoms with Crippen molar-refractivity contribution in [3.63, 3.8) is 0 Å². The number of piperidine rings is 1. The highest BCUT2D eigenvalue weighted by Gasteiger charge is 2.50. The summed E-state index contributed by atoms with van der Waals surface area (Å²) in [5.74, 6) is 0.861. The Hall–Kier alpha value is -3.47. The van der Waals surface area contributed by atoms with Gasteiger partial charge in [-0.05, 0) is 49.7 Å². The number of nitrogens with zero attached hydrogens (tertiary/aromatic N) is 6. The number of hydrogen-bond donors (Lipinski definition) is 1. The van der Waals surface area contributed by atoms with Crippen LogP contribution in [0.15, 0.2) is 28.8 Å². The summed E-state index contributed by atoms with van der Waals surface area (Å²) in [6.45, 7) is 13.9. The lowest BCUT2D eigenvalue weighted by Crippen LogP contribution is -2.64. The van der Waals surface area contributed by atoms with Crippen molar-refractivity contribution in [3.8, 4) is 0 Å². The number of rotatable bonds is 10. The van der Waals surface area contributed by atoms with E-state index >= 15 is 0 Å². The second-order valence-electron chi connectivity index (χ2n) is 12.6. The molecule has 3 heterocycles. The van der Waals surface area contributed by atoms with E-state index in [0.29, 0.717) is 43.7 Å². The third kappa shape index (κ3) is 6.72. The van der Waals surface area contributed by atoms with Gasteiger partial charge in [0.1, 0.15) is 0 Å². The molecule has 11 heteroatoms. The summed E-state index contributed by atoms with van der Waals surface area (Å²) in [6.07, 6.45) is 1.16. The average Bonchev–Trinajstić information content (AvgIpc) is 3.51. The van der Waals surface area contributed by atoms with E-state index in [9.17, 15) is 14.7 Å². The number of hydrogen-bond acceptors (Lipinski definition) is 7. The number of methoxy groups -OCH3 is 1. The number of aromatic nitrogens is 4. The maximum atomic E-state index is 14.7. The molecule has 4 rings (SSSR count). The second-order valence-corrected chi connectivity index (χ2v) is 12.6. The van der Waals surface area contributed by atoms with E-state index in [1.807, 2.05) is 54.5 Å². The first kappa shape index (κ1) is 30.5. The monoisotopic (exact) mass is 568 g/mol. The lowest BCUT2D eigenvalue weighted by Gasteiger charge is -2.52. The molecule has 0 aliphatic carbocycles. The first-order chi connectivity index (χ1) is 19.4. The van der Waals surface area contributed by atoms with Crippen molar-refractivity contribution in [1.29, 1.82) is 0 Å². The second kappa shape index (κ2) is 12.6. The number of unbranched alkanes of at least 4 members (excludes halogenated alkanes) is 1. The third-order valence-corrected chi connectivity index (χ3v) is 7.72. The number of ether oxygens (including phenoxy) is 1. The molecular formula is C30H44N6O5. The molecule has 1 aliphatic rings. The van der Waals surface area contributed by atoms with Crippen molar-refractivity contribution in [2.45, 2.75) is 85.4 Å². The number of amides is 2. The SMILES string of the molecule is COCCCCn1c(C(=O)N(CC(C)C)[C@H]2C[C@@H](c3nc(C)no3)CN(C(=O)O)C2C(C)(C)C)nc2ccccc21. The molecule has 3 aromatic rings. The fourth-order valence-electron chi connectivity index (χ4n) is 6.12. The van der Waals surface area contributed by atoms with Crippen LogP contribution in [0.5, 0.6) is 0 Å². The summed E-state index contributed by atoms with van der Waals surface area (Å²) < 4.78 is 12.8. The maximum Gasteiger partial charge on any atom is 0.407 e. The van der Waals surface area contributed by atoms with Gasteiger partial charge in [-0.15, -0.1) is 0 Å². The predicted molar refractivity (Wildman–Crippen MR) is 155 cm³/mol. The third-order valence-electron chi connectivity index (χ3n) is 7.72. The van der Waals surface area contributed by atoms with Crippen LogP contribution in [0.1, 0.15) is 82.1 Å². The highest BCUT2D eigenvalue weighted by molar-refractivity contribution is 5.95. The fourth-order valence-corrected chi connectivity index (χ4v) is 6.12. The van der Waals surface area contributed by atoms with E-state index in [4.69, 9.17) is 14.2 Å². The molecule has 2 aromatic heterocycles. The van der Waals surface area contributed by atoms with Crippen LogP contribution < -0.4 is 0 Å². The molecule has 0 radical (unpaired) electrons. The number of likely N-dealkylation sites (tertiary alicyclic amines) is 1. The minimum atomic E-state index is -1.03. The molecule has 0 saturated carbocycles. The number of carbonyl (C=O) groups excluding carboxylic acids is 1. The highest BCUT2D eigenvalue weighted by Crippen LogP contribution is 2.40. The van der Waals surface area contributed by atoms with Gasteiger partial charge in [0.15, 0.2) is 11.6 Å². The van der Waals surface area contributed by atoms with E-state index in [0.717, 1.165) is 23.9 Å². The number of benzene rings is 1. The van der Waals surface area contributed by atoms with E-state index < -0.39 is 23.6 Å². The Morgan fingerprint density at radius 3 is 2.54 bits per heavy atom. The van der Waals surface area contributed by atoms with Gasteiger partial charge < -0.3 is 28.7 Å². The van der Waals surface area contributed by atoms with Crippen molar-refractivity contribution < 1.29 is 24.0 Å². The average molecular weight is 569 g/mol. The predicted octanol–water partition coefficient (Wildman–Crippen LogP) is 5.20. The minimum absolute atomic E-state index is 0.142. The van der Waals surface area contributed by atoms with Gasteiger partial charge in [-0.2, -0.15) is 4.98 Å². The summed E-state index contributed by atoms with van der Waals surface area (Å²) in [5.41, 5.74) is 1.21. The topological polar surface area (TPSA) is 127 Å². The molecule has 1 aliphatic heterocycles. The van der Waals surface area contributed by atoms with Gasteiger partial charge in [0.2, 0.25) is 5.89 Å². The largest absolute Gasteiger partial charge is 0.465 e. The molecule has 2 amide bonds. The standard InChI is InChI=1S/C30H44N6O5/c1-19(2)17-35(28(37)26-32-22-12-8-9-13-23(22)34(26)14-10-11-15-40-7)24-16-21(27-31-20(3)33-41-27)18-36(29(38)39)25(24)30(4,5)6/h8-9,12-13,19,21,24-25H,10-11,14-18H2,1-7H3,(H,38,39)/t21-,24+,25?/m1/s1. The summed E-state index contributed by atoms with van der Waals surface area (Å²) in [4.78, 5) is 39.9. The van der Waals surface area contributed by atoms with Gasteiger partial charge in [-0.25, -0.2) is 9.78 Å². The lowest BCUT2D eigenvalue weighted by atomic mass is 9.74. The lowest BCUT2D eigenvalue weighted by molar-refractivity contribution is -0.0164. The van der Waals surface area contributed by atoms with Gasteiger partial charge in [-0.3, -0.25) is 4.79 Å². The van der Waals surface area contributed by atoms with Gasteiger partial charge in [0, 0.05) is 33.4 Å². The Morgan fingerprint density at radius 2 is 1.93 bits per heavy atom. The summed E-state index contributed by atoms with van der Waals surface area (Å²) in [7, 11) is 1.68. The van der Waals surface area contributed by atoms with E-state index in [1.165, 1.54) is 4.90 Å². The van der Waals surface area contributed by atoms with E-state index in [2.05, 4.69) is 24.0 Å². The molecule has 1 saturated heterocycles. The van der Waals surface area contributed by atoms with Crippen LogP contribution in [0.2, 0.25) is 0 Å². The van der Waals surface area contributed by atoms with Crippen molar-refractivity contribution in [2.75, 3.05) is 26.8 Å². The number of carboxylic acid groups (broad SMARTS) is 1. The van der Waals surface area contributed by atoms with Crippen LogP contribution >= 0.6 is 0 Å². The molecule has 1 unspecified atom stereocenters. The molecule has 1 aromatic carbocycles. The Labute approximate surface area is 241 Å². The normalized spacial score (nSPS) is 19.7. The molecule has 0 spiro atoms. The van der Waals surface area contributed by atoms with Crippen LogP contribution in [-0.2, 0) is 11.3 Å². The van der Waals surface area contributed by atoms with Gasteiger partial charge in [-0.1, -0.05) is 51.9 Å². The van der Waals surface area contributed by atoms with Gasteiger partial charge >= 0.3 is 6.09 Å². The van der Waals surface area contributed by atoms with Crippen molar-refractivity contribution in [1.82, 2.24) is 29.5 Å². The molecule has 224 valence electrons. The van der Waals surface area contributed by atoms with Crippen molar-refractivity contribution >= 4 is 23.0 Å². The first-order valence-corrected chi connectivity index (χ1v) is 14.5. The van der Waals surface area contributed by atoms with Crippen molar-refractivity contribution in [3.05, 3.63) is 41.8 Å².